The smallest absolute Gasteiger partial charge is 0.348 e. The molecule has 0 radical (unpaired) electrons. The van der Waals surface area contributed by atoms with Gasteiger partial charge in [0, 0.05) is 0 Å². The molecule has 0 spiro atoms. The Balaban J connectivity index is 2.45. The van der Waals surface area contributed by atoms with Crippen LogP contribution in [0.15, 0.2) is 0 Å². The first-order valence-corrected chi connectivity index (χ1v) is 3.32. The molecule has 0 aromatic heterocycles. The van der Waals surface area contributed by atoms with Crippen LogP contribution in [0.1, 0.15) is 0 Å². The monoisotopic (exact) mass is 154 g/mol. The number of hydroxylamine groups is 2. The van der Waals surface area contributed by atoms with Gasteiger partial charge in [0.25, 0.3) is 0 Å². The molecule has 2 amide bonds. The minimum atomic E-state index is -3.95. The van der Waals surface area contributed by atoms with Crippen molar-refractivity contribution in [3.8, 4) is 0 Å². The Labute approximate surface area is 49.5 Å². The lowest BCUT2D eigenvalue weighted by Crippen LogP contribution is -2.41. The fourth-order valence-electron chi connectivity index (χ4n) is 0.274. The van der Waals surface area contributed by atoms with Crippen molar-refractivity contribution in [2.45, 2.75) is 0 Å². The average molecular weight is 154 g/mol. The Kier molecular flexibility index (Phi) is 1.21. The van der Waals surface area contributed by atoms with E-state index in [0.29, 0.717) is 0 Å². The Bertz CT molecular complexity index is 179. The summed E-state index contributed by atoms with van der Waals surface area (Å²) in [5.74, 6) is 0. The number of primary amides is 1. The summed E-state index contributed by atoms with van der Waals surface area (Å²) in [6, 6.07) is -1.07. The first-order valence-electron chi connectivity index (χ1n) is 1.83. The van der Waals surface area contributed by atoms with Crippen molar-refractivity contribution in [2.75, 3.05) is 0 Å². The maximum absolute atomic E-state index is 10.0. The van der Waals surface area contributed by atoms with Crippen LogP contribution in [-0.4, -0.2) is 16.2 Å². The summed E-state index contributed by atoms with van der Waals surface area (Å²) in [7, 11) is -3.95. The Hall–Kier alpha value is -0.620. The molecule has 1 fully saturated rings. The number of carbonyl (C=O) groups is 1. The van der Waals surface area contributed by atoms with Gasteiger partial charge in [-0.05, 0) is 5.23 Å². The van der Waals surface area contributed by atoms with Crippen LogP contribution in [0.25, 0.3) is 0 Å². The fraction of sp³-hybridized carbons (Fsp3) is 0. The molecule has 0 aromatic rings. The van der Waals surface area contributed by atoms with E-state index < -0.39 is 13.9 Å². The fourth-order valence-corrected chi connectivity index (χ4v) is 0.822. The van der Waals surface area contributed by atoms with E-state index in [2.05, 4.69) is 15.0 Å². The quantitative estimate of drug-likeness (QED) is 0.451. The molecule has 1 rings (SSSR count). The molecule has 1 aliphatic heterocycles. The van der Waals surface area contributed by atoms with E-state index in [0.717, 1.165) is 0 Å². The van der Waals surface area contributed by atoms with Crippen molar-refractivity contribution < 1.29 is 23.5 Å². The van der Waals surface area contributed by atoms with Crippen molar-refractivity contribution in [1.29, 1.82) is 0 Å². The van der Waals surface area contributed by atoms with Crippen LogP contribution in [0.2, 0.25) is 0 Å². The molecule has 0 bridgehead atoms. The van der Waals surface area contributed by atoms with E-state index in [-0.39, 0.29) is 5.23 Å². The first kappa shape index (κ1) is 6.50. The van der Waals surface area contributed by atoms with Crippen LogP contribution in [-0.2, 0) is 13.8 Å². The largest absolute Gasteiger partial charge is 0.519 e. The third kappa shape index (κ3) is 1.19. The first-order chi connectivity index (χ1) is 4.01. The number of carbonyl (C=O) groups excluding carboxylic acids is 1. The molecule has 0 aliphatic carbocycles. The highest BCUT2D eigenvalue weighted by atomic mass is 31.2. The van der Waals surface area contributed by atoms with Gasteiger partial charge in [0.2, 0.25) is 0 Å². The lowest BCUT2D eigenvalue weighted by molar-refractivity contribution is -0.305. The minimum absolute atomic E-state index is 0.126. The van der Waals surface area contributed by atoms with E-state index in [4.69, 9.17) is 4.89 Å². The lowest BCUT2D eigenvalue weighted by Gasteiger charge is -2.28. The summed E-state index contributed by atoms with van der Waals surface area (Å²) in [6.07, 6.45) is 0. The van der Waals surface area contributed by atoms with Crippen LogP contribution in [0.5, 0.6) is 0 Å². The summed E-state index contributed by atoms with van der Waals surface area (Å²) in [5.41, 5.74) is 4.52. The van der Waals surface area contributed by atoms with Crippen molar-refractivity contribution in [3.63, 3.8) is 0 Å². The molecular formula is CH3N2O5P. The van der Waals surface area contributed by atoms with E-state index in [1.54, 1.807) is 0 Å². The van der Waals surface area contributed by atoms with E-state index in [1.165, 1.54) is 0 Å². The molecule has 0 saturated carbocycles. The van der Waals surface area contributed by atoms with E-state index in [1.807, 2.05) is 0 Å². The zero-order chi connectivity index (χ0) is 7.07. The minimum Gasteiger partial charge on any atom is -0.348 e. The second-order valence-electron chi connectivity index (χ2n) is 1.23. The molecule has 3 N–H and O–H groups in total. The molecule has 1 aliphatic rings. The molecule has 9 heavy (non-hydrogen) atoms. The standard InChI is InChI=1S/CH3N2O5P/c2-1(4)3-7-9(5,6)8-3/h(H2,2,4)(H,5,6). The number of hydrogen-bond acceptors (Lipinski definition) is 4. The highest BCUT2D eigenvalue weighted by Gasteiger charge is 2.44. The van der Waals surface area contributed by atoms with Crippen molar-refractivity contribution >= 4 is 13.9 Å². The molecule has 1 saturated heterocycles. The van der Waals surface area contributed by atoms with Crippen LogP contribution >= 0.6 is 7.82 Å². The third-order valence-electron chi connectivity index (χ3n) is 0.535. The van der Waals surface area contributed by atoms with Gasteiger partial charge in [0.1, 0.15) is 0 Å². The molecule has 52 valence electrons. The number of nitrogens with zero attached hydrogens (tertiary/aromatic N) is 1. The molecule has 8 heteroatoms. The van der Waals surface area contributed by atoms with Gasteiger partial charge in [0.15, 0.2) is 0 Å². The van der Waals surface area contributed by atoms with Gasteiger partial charge in [0.05, 0.1) is 0 Å². The van der Waals surface area contributed by atoms with Gasteiger partial charge >= 0.3 is 13.9 Å². The predicted octanol–water partition coefficient (Wildman–Crippen LogP) is -0.656. The summed E-state index contributed by atoms with van der Waals surface area (Å²) in [5, 5.41) is 0.126. The van der Waals surface area contributed by atoms with Crippen molar-refractivity contribution in [3.05, 3.63) is 0 Å². The van der Waals surface area contributed by atoms with Gasteiger partial charge in [-0.2, -0.15) is 0 Å². The van der Waals surface area contributed by atoms with E-state index >= 15 is 0 Å². The molecule has 0 unspecified atom stereocenters. The predicted molar refractivity (Wildman–Crippen MR) is 23.4 cm³/mol. The van der Waals surface area contributed by atoms with Gasteiger partial charge in [-0.1, -0.05) is 0 Å². The number of nitrogens with two attached hydrogens (primary N) is 1. The second kappa shape index (κ2) is 1.68. The maximum atomic E-state index is 10.0. The molecular weight excluding hydrogens is 151 g/mol. The Morgan fingerprint density at radius 1 is 1.67 bits per heavy atom. The van der Waals surface area contributed by atoms with Crippen molar-refractivity contribution in [2.24, 2.45) is 5.73 Å². The highest BCUT2D eigenvalue weighted by molar-refractivity contribution is 7.48. The molecule has 0 aromatic carbocycles. The van der Waals surface area contributed by atoms with Gasteiger partial charge in [-0.3, -0.25) is 4.89 Å². The number of hydrogen-bond donors (Lipinski definition) is 2. The second-order valence-corrected chi connectivity index (χ2v) is 2.49. The van der Waals surface area contributed by atoms with Crippen molar-refractivity contribution in [1.82, 2.24) is 5.23 Å². The zero-order valence-electron chi connectivity index (χ0n) is 4.05. The Morgan fingerprint density at radius 3 is 2.22 bits per heavy atom. The summed E-state index contributed by atoms with van der Waals surface area (Å²) < 4.78 is 17.7. The number of phosphoric acid groups is 1. The summed E-state index contributed by atoms with van der Waals surface area (Å²) in [4.78, 5) is 18.1. The van der Waals surface area contributed by atoms with Crippen LogP contribution in [0.3, 0.4) is 0 Å². The van der Waals surface area contributed by atoms with E-state index in [9.17, 15) is 9.36 Å². The maximum Gasteiger partial charge on any atom is 0.519 e. The summed E-state index contributed by atoms with van der Waals surface area (Å²) in [6.45, 7) is 0. The topological polar surface area (TPSA) is 102 Å². The zero-order valence-corrected chi connectivity index (χ0v) is 4.95. The third-order valence-corrected chi connectivity index (χ3v) is 1.24. The normalized spacial score (nSPS) is 23.0. The average Bonchev–Trinajstić information content (AvgIpc) is 1.59. The Morgan fingerprint density at radius 2 is 2.11 bits per heavy atom. The molecule has 7 nitrogen and oxygen atoms in total. The highest BCUT2D eigenvalue weighted by Crippen LogP contribution is 2.54. The van der Waals surface area contributed by atoms with Crippen LogP contribution in [0.4, 0.5) is 4.79 Å². The van der Waals surface area contributed by atoms with Crippen LogP contribution in [0, 0.1) is 0 Å². The number of rotatable bonds is 0. The molecule has 0 atom stereocenters. The summed E-state index contributed by atoms with van der Waals surface area (Å²) >= 11 is 0. The van der Waals surface area contributed by atoms with Gasteiger partial charge in [-0.15, -0.1) is 9.25 Å². The van der Waals surface area contributed by atoms with Gasteiger partial charge in [-0.25, -0.2) is 9.36 Å². The SMILES string of the molecule is NC(=O)N1OP(=O)(O)O1. The van der Waals surface area contributed by atoms with Gasteiger partial charge < -0.3 is 5.73 Å². The number of urea groups is 1. The lowest BCUT2D eigenvalue weighted by atomic mass is 11.1. The van der Waals surface area contributed by atoms with Crippen LogP contribution < -0.4 is 5.73 Å². The number of amides is 2. The molecule has 1 heterocycles.